The molecule has 2 unspecified atom stereocenters. The normalized spacial score (nSPS) is 19.8. The van der Waals surface area contributed by atoms with Crippen LogP contribution >= 0.6 is 24.0 Å². The molecule has 26 heavy (non-hydrogen) atoms. The van der Waals surface area contributed by atoms with E-state index in [2.05, 4.69) is 22.1 Å². The van der Waals surface area contributed by atoms with Crippen molar-refractivity contribution in [2.45, 2.75) is 26.7 Å². The Labute approximate surface area is 172 Å². The van der Waals surface area contributed by atoms with Crippen molar-refractivity contribution in [2.24, 2.45) is 16.8 Å². The highest BCUT2D eigenvalue weighted by atomic mass is 127. The molecular weight excluding hydrogens is 448 g/mol. The molecule has 2 rings (SSSR count). The second-order valence-electron chi connectivity index (χ2n) is 6.48. The zero-order valence-corrected chi connectivity index (χ0v) is 18.0. The van der Waals surface area contributed by atoms with Gasteiger partial charge in [0.25, 0.3) is 0 Å². The number of halogens is 2. The van der Waals surface area contributed by atoms with Crippen LogP contribution in [0, 0.1) is 17.7 Å². The molecule has 146 valence electrons. The maximum atomic E-state index is 13.2. The van der Waals surface area contributed by atoms with Crippen LogP contribution in [-0.4, -0.2) is 50.1 Å². The fourth-order valence-corrected chi connectivity index (χ4v) is 3.18. The summed E-state index contributed by atoms with van der Waals surface area (Å²) in [6.45, 7) is 6.94. The summed E-state index contributed by atoms with van der Waals surface area (Å²) in [4.78, 5) is 18.7. The molecule has 0 radical (unpaired) electrons. The third-order valence-electron chi connectivity index (χ3n) is 4.52. The molecule has 1 fully saturated rings. The van der Waals surface area contributed by atoms with E-state index < -0.39 is 0 Å². The number of nitrogens with zero attached hydrogens (tertiary/aromatic N) is 2. The molecule has 7 heteroatoms. The predicted molar refractivity (Wildman–Crippen MR) is 112 cm³/mol. The molecule has 1 aromatic carbocycles. The number of benzene rings is 1. The highest BCUT2D eigenvalue weighted by Gasteiger charge is 2.36. The molecule has 1 saturated heterocycles. The molecule has 2 atom stereocenters. The van der Waals surface area contributed by atoms with Gasteiger partial charge in [0.1, 0.15) is 5.82 Å². The first-order valence-corrected chi connectivity index (χ1v) is 8.90. The van der Waals surface area contributed by atoms with E-state index in [1.807, 2.05) is 13.0 Å². The van der Waals surface area contributed by atoms with Crippen molar-refractivity contribution in [1.29, 1.82) is 0 Å². The second kappa shape index (κ2) is 11.4. The number of hydrogen-bond donors (Lipinski definition) is 1. The van der Waals surface area contributed by atoms with Crippen LogP contribution in [0.5, 0.6) is 0 Å². The number of aliphatic imine (C=N–C) groups is 1. The van der Waals surface area contributed by atoms with Gasteiger partial charge in [0.05, 0.1) is 13.0 Å². The van der Waals surface area contributed by atoms with Crippen molar-refractivity contribution < 1.29 is 13.9 Å². The maximum Gasteiger partial charge on any atom is 0.310 e. The van der Waals surface area contributed by atoms with E-state index in [0.29, 0.717) is 13.1 Å². The summed E-state index contributed by atoms with van der Waals surface area (Å²) in [5.41, 5.74) is 0.987. The van der Waals surface area contributed by atoms with E-state index in [1.54, 1.807) is 12.1 Å². The number of rotatable bonds is 6. The fourth-order valence-electron chi connectivity index (χ4n) is 3.18. The first-order chi connectivity index (χ1) is 12.0. The van der Waals surface area contributed by atoms with Crippen LogP contribution in [0.4, 0.5) is 4.39 Å². The Morgan fingerprint density at radius 3 is 2.85 bits per heavy atom. The molecular formula is C19H29FIN3O2. The summed E-state index contributed by atoms with van der Waals surface area (Å²) in [5, 5.41) is 3.29. The fraction of sp³-hybridized carbons (Fsp3) is 0.579. The maximum absolute atomic E-state index is 13.2. The Hall–Kier alpha value is -1.38. The minimum Gasteiger partial charge on any atom is -0.469 e. The van der Waals surface area contributed by atoms with Gasteiger partial charge in [-0.25, -0.2) is 4.39 Å². The Balaban J connectivity index is 0.00000338. The molecule has 1 aliphatic heterocycles. The molecule has 1 aliphatic rings. The monoisotopic (exact) mass is 477 g/mol. The Morgan fingerprint density at radius 2 is 2.19 bits per heavy atom. The van der Waals surface area contributed by atoms with E-state index in [1.165, 1.54) is 13.2 Å². The molecule has 0 bridgehead atoms. The standard InChI is InChI=1S/C19H28FN3O2.HI/c1-4-21-19(23-12-14(2)17(13-23)18(24)25-3)22-10-6-8-15-7-5-9-16(20)11-15;/h5,7,9,11,14,17H,4,6,8,10,12-13H2,1-3H3,(H,21,22);1H. The van der Waals surface area contributed by atoms with Gasteiger partial charge in [-0.1, -0.05) is 19.1 Å². The third-order valence-corrected chi connectivity index (χ3v) is 4.52. The second-order valence-corrected chi connectivity index (χ2v) is 6.48. The van der Waals surface area contributed by atoms with Gasteiger partial charge in [-0.05, 0) is 43.4 Å². The lowest BCUT2D eigenvalue weighted by atomic mass is 9.99. The Morgan fingerprint density at radius 1 is 1.42 bits per heavy atom. The molecule has 1 heterocycles. The van der Waals surface area contributed by atoms with Crippen LogP contribution in [0.1, 0.15) is 25.8 Å². The first-order valence-electron chi connectivity index (χ1n) is 8.90. The number of carbonyl (C=O) groups excluding carboxylic acids is 1. The smallest absolute Gasteiger partial charge is 0.310 e. The number of likely N-dealkylation sites (tertiary alicyclic amines) is 1. The van der Waals surface area contributed by atoms with Crippen LogP contribution < -0.4 is 5.32 Å². The van der Waals surface area contributed by atoms with Gasteiger partial charge in [-0.2, -0.15) is 0 Å². The van der Waals surface area contributed by atoms with Crippen molar-refractivity contribution in [3.63, 3.8) is 0 Å². The molecule has 0 spiro atoms. The lowest BCUT2D eigenvalue weighted by Gasteiger charge is -2.21. The molecule has 5 nitrogen and oxygen atoms in total. The van der Waals surface area contributed by atoms with E-state index in [0.717, 1.165) is 37.5 Å². The third kappa shape index (κ3) is 6.41. The van der Waals surface area contributed by atoms with E-state index >= 15 is 0 Å². The zero-order valence-electron chi connectivity index (χ0n) is 15.7. The highest BCUT2D eigenvalue weighted by Crippen LogP contribution is 2.24. The van der Waals surface area contributed by atoms with Gasteiger partial charge in [-0.15, -0.1) is 24.0 Å². The number of ether oxygens (including phenoxy) is 1. The molecule has 0 aromatic heterocycles. The lowest BCUT2D eigenvalue weighted by molar-refractivity contribution is -0.145. The molecule has 0 amide bonds. The first kappa shape index (κ1) is 22.7. The van der Waals surface area contributed by atoms with Crippen LogP contribution in [0.2, 0.25) is 0 Å². The SMILES string of the molecule is CCNC(=NCCCc1cccc(F)c1)N1CC(C)C(C(=O)OC)C1.I. The molecule has 0 aliphatic carbocycles. The van der Waals surface area contributed by atoms with Crippen LogP contribution in [0.15, 0.2) is 29.3 Å². The number of esters is 1. The quantitative estimate of drug-likeness (QED) is 0.225. The van der Waals surface area contributed by atoms with E-state index in [9.17, 15) is 9.18 Å². The predicted octanol–water partition coefficient (Wildman–Crippen LogP) is 3.08. The summed E-state index contributed by atoms with van der Waals surface area (Å²) in [7, 11) is 1.43. The summed E-state index contributed by atoms with van der Waals surface area (Å²) in [5.74, 6) is 0.607. The van der Waals surface area contributed by atoms with E-state index in [4.69, 9.17) is 4.74 Å². The number of aryl methyl sites for hydroxylation is 1. The number of nitrogens with one attached hydrogen (secondary N) is 1. The summed E-state index contributed by atoms with van der Waals surface area (Å²) < 4.78 is 18.1. The summed E-state index contributed by atoms with van der Waals surface area (Å²) in [6.07, 6.45) is 1.64. The van der Waals surface area contributed by atoms with Gasteiger partial charge < -0.3 is 15.0 Å². The molecule has 0 saturated carbocycles. The van der Waals surface area contributed by atoms with Gasteiger partial charge in [0.15, 0.2) is 5.96 Å². The van der Waals surface area contributed by atoms with Crippen molar-refractivity contribution in [3.8, 4) is 0 Å². The summed E-state index contributed by atoms with van der Waals surface area (Å²) >= 11 is 0. The zero-order chi connectivity index (χ0) is 18.2. The van der Waals surface area contributed by atoms with Gasteiger partial charge in [0.2, 0.25) is 0 Å². The highest BCUT2D eigenvalue weighted by molar-refractivity contribution is 14.0. The minimum atomic E-state index is -0.200. The number of methoxy groups -OCH3 is 1. The Bertz CT molecular complexity index is 612. The van der Waals surface area contributed by atoms with Crippen molar-refractivity contribution in [2.75, 3.05) is 33.3 Å². The van der Waals surface area contributed by atoms with Gasteiger partial charge >= 0.3 is 5.97 Å². The lowest BCUT2D eigenvalue weighted by Crippen LogP contribution is -2.40. The van der Waals surface area contributed by atoms with Gasteiger partial charge in [0, 0.05) is 26.2 Å². The minimum absolute atomic E-state index is 0. The Kier molecular flexibility index (Phi) is 9.90. The van der Waals surface area contributed by atoms with Crippen molar-refractivity contribution in [3.05, 3.63) is 35.6 Å². The van der Waals surface area contributed by atoms with E-state index in [-0.39, 0.29) is 47.6 Å². The largest absolute Gasteiger partial charge is 0.469 e. The van der Waals surface area contributed by atoms with Crippen LogP contribution in [-0.2, 0) is 16.0 Å². The molecule has 1 aromatic rings. The number of carbonyl (C=O) groups is 1. The topological polar surface area (TPSA) is 53.9 Å². The molecule has 1 N–H and O–H groups in total. The van der Waals surface area contributed by atoms with Crippen molar-refractivity contribution >= 4 is 35.9 Å². The number of hydrogen-bond acceptors (Lipinski definition) is 3. The van der Waals surface area contributed by atoms with Crippen molar-refractivity contribution in [1.82, 2.24) is 10.2 Å². The average Bonchev–Trinajstić information content (AvgIpc) is 2.98. The number of guanidine groups is 1. The van der Waals surface area contributed by atoms with Gasteiger partial charge in [-0.3, -0.25) is 9.79 Å². The van der Waals surface area contributed by atoms with Crippen LogP contribution in [0.3, 0.4) is 0 Å². The summed E-state index contributed by atoms with van der Waals surface area (Å²) in [6, 6.07) is 6.69. The van der Waals surface area contributed by atoms with Crippen LogP contribution in [0.25, 0.3) is 0 Å². The average molecular weight is 477 g/mol.